The fraction of sp³-hybridized carbons (Fsp3) is 0.500. The molecule has 7 N–H and O–H groups in total. The molecule has 12 heteroatoms. The van der Waals surface area contributed by atoms with E-state index >= 15 is 0 Å². The molecular weight excluding hydrogens is 454 g/mol. The Morgan fingerprint density at radius 2 is 2.06 bits per heavy atom. The lowest BCUT2D eigenvalue weighted by Gasteiger charge is -2.31. The fourth-order valence-corrected chi connectivity index (χ4v) is 5.67. The zero-order valence-corrected chi connectivity index (χ0v) is 20.0. The van der Waals surface area contributed by atoms with E-state index in [0.717, 1.165) is 29.7 Å². The topological polar surface area (TPSA) is 168 Å². The van der Waals surface area contributed by atoms with Crippen molar-refractivity contribution in [2.75, 3.05) is 18.8 Å². The molecule has 2 aromatic heterocycles. The van der Waals surface area contributed by atoms with Crippen molar-refractivity contribution in [2.24, 2.45) is 5.73 Å². The first-order valence-electron chi connectivity index (χ1n) is 11.4. The first-order chi connectivity index (χ1) is 16.2. The minimum Gasteiger partial charge on any atom is -0.368 e. The third-order valence-corrected chi connectivity index (χ3v) is 7.50. The molecule has 1 fully saturated rings. The molecule has 0 aromatic carbocycles. The molecule has 1 aliphatic carbocycles. The molecule has 0 spiro atoms. The number of hydrogen-bond donors (Lipinski definition) is 5. The second-order valence-electron chi connectivity index (χ2n) is 9.66. The van der Waals surface area contributed by atoms with Crippen LogP contribution in [0.5, 0.6) is 0 Å². The van der Waals surface area contributed by atoms with E-state index in [2.05, 4.69) is 44.6 Å². The Labute approximate surface area is 201 Å². The molecule has 1 saturated heterocycles. The maximum absolute atomic E-state index is 13.2. The average molecular weight is 484 g/mol. The predicted octanol–water partition coefficient (Wildman–Crippen LogP) is 0.814. The van der Waals surface area contributed by atoms with Gasteiger partial charge >= 0.3 is 0 Å². The number of hydrogen-bond acceptors (Lipinski definition) is 9. The van der Waals surface area contributed by atoms with Gasteiger partial charge in [0.25, 0.3) is 5.91 Å². The van der Waals surface area contributed by atoms with E-state index in [9.17, 15) is 9.59 Å². The molecule has 0 saturated carbocycles. The van der Waals surface area contributed by atoms with Gasteiger partial charge in [0.1, 0.15) is 11.4 Å². The Kier molecular flexibility index (Phi) is 5.72. The molecule has 3 aliphatic rings. The zero-order chi connectivity index (χ0) is 24.0. The molecule has 2 amide bonds. The van der Waals surface area contributed by atoms with Crippen molar-refractivity contribution in [1.29, 1.82) is 0 Å². The highest BCUT2D eigenvalue weighted by atomic mass is 32.2. The summed E-state index contributed by atoms with van der Waals surface area (Å²) >= 11 is 1.43. The number of carbonyl (C=O) groups is 2. The molecule has 1 atom stereocenters. The van der Waals surface area contributed by atoms with E-state index in [0.29, 0.717) is 36.6 Å². The number of amides is 2. The standard InChI is InChI=1S/C22H29N9O2S/c1-22(2)8-11-9-25-20(24)27-16(11)17-15(22)18(30-29-17)19(33)28-21-26-13(10-34-21)7-14(32)31-5-3-12(23)4-6-31/h9-10,12,21,26H,3-8,23H2,1-2H3,(H,28,33)(H,29,30)(H2,24,25,27). The molecule has 11 nitrogen and oxygen atoms in total. The van der Waals surface area contributed by atoms with Gasteiger partial charge in [-0.15, -0.1) is 0 Å². The van der Waals surface area contributed by atoms with Crippen LogP contribution in [-0.2, 0) is 16.6 Å². The van der Waals surface area contributed by atoms with Crippen molar-refractivity contribution in [2.45, 2.75) is 56.5 Å². The van der Waals surface area contributed by atoms with Gasteiger partial charge in [-0.25, -0.2) is 9.97 Å². The van der Waals surface area contributed by atoms with Crippen LogP contribution in [0.4, 0.5) is 5.95 Å². The third kappa shape index (κ3) is 4.23. The highest BCUT2D eigenvalue weighted by molar-refractivity contribution is 8.02. The Bertz CT molecular complexity index is 1170. The van der Waals surface area contributed by atoms with Crippen LogP contribution in [0.3, 0.4) is 0 Å². The normalized spacial score (nSPS) is 21.3. The highest BCUT2D eigenvalue weighted by Crippen LogP contribution is 2.42. The van der Waals surface area contributed by atoms with Crippen molar-refractivity contribution in [3.63, 3.8) is 0 Å². The van der Waals surface area contributed by atoms with Gasteiger partial charge in [-0.2, -0.15) is 5.10 Å². The second-order valence-corrected chi connectivity index (χ2v) is 10.6. The lowest BCUT2D eigenvalue weighted by molar-refractivity contribution is -0.131. The average Bonchev–Trinajstić information content (AvgIpc) is 3.42. The van der Waals surface area contributed by atoms with Crippen molar-refractivity contribution < 1.29 is 9.59 Å². The lowest BCUT2D eigenvalue weighted by Crippen LogP contribution is -2.44. The maximum atomic E-state index is 13.2. The number of thioether (sulfide) groups is 1. The summed E-state index contributed by atoms with van der Waals surface area (Å²) in [6.45, 7) is 5.53. The first kappa shape index (κ1) is 22.7. The van der Waals surface area contributed by atoms with Gasteiger partial charge in [-0.3, -0.25) is 14.7 Å². The minimum absolute atomic E-state index is 0.0718. The highest BCUT2D eigenvalue weighted by Gasteiger charge is 2.39. The maximum Gasteiger partial charge on any atom is 0.271 e. The predicted molar refractivity (Wildman–Crippen MR) is 129 cm³/mol. The monoisotopic (exact) mass is 483 g/mol. The third-order valence-electron chi connectivity index (χ3n) is 6.57. The zero-order valence-electron chi connectivity index (χ0n) is 19.2. The Morgan fingerprint density at radius 3 is 2.82 bits per heavy atom. The smallest absolute Gasteiger partial charge is 0.271 e. The number of anilines is 1. The van der Waals surface area contributed by atoms with Crippen LogP contribution in [0, 0.1) is 0 Å². The Hall–Kier alpha value is -3.12. The van der Waals surface area contributed by atoms with E-state index in [4.69, 9.17) is 11.5 Å². The number of rotatable bonds is 4. The van der Waals surface area contributed by atoms with Crippen LogP contribution in [0.25, 0.3) is 11.4 Å². The van der Waals surface area contributed by atoms with E-state index < -0.39 is 0 Å². The van der Waals surface area contributed by atoms with Gasteiger partial charge in [0.05, 0.1) is 12.1 Å². The van der Waals surface area contributed by atoms with Crippen LogP contribution in [0.1, 0.15) is 54.7 Å². The number of fused-ring (bicyclic) bond motifs is 3. The molecule has 4 heterocycles. The number of nitrogen functional groups attached to an aromatic ring is 1. The quantitative estimate of drug-likeness (QED) is 0.422. The number of likely N-dealkylation sites (tertiary alicyclic amines) is 1. The minimum atomic E-state index is -0.374. The fourth-order valence-electron chi connectivity index (χ4n) is 4.82. The number of aromatic nitrogens is 4. The van der Waals surface area contributed by atoms with Crippen molar-refractivity contribution in [3.05, 3.63) is 34.1 Å². The van der Waals surface area contributed by atoms with Gasteiger partial charge in [-0.05, 0) is 35.6 Å². The van der Waals surface area contributed by atoms with Gasteiger partial charge in [0.15, 0.2) is 5.50 Å². The van der Waals surface area contributed by atoms with Crippen LogP contribution in [0.2, 0.25) is 0 Å². The summed E-state index contributed by atoms with van der Waals surface area (Å²) in [4.78, 5) is 36.1. The molecule has 34 heavy (non-hydrogen) atoms. The summed E-state index contributed by atoms with van der Waals surface area (Å²) in [7, 11) is 0. The first-order valence-corrected chi connectivity index (χ1v) is 12.3. The van der Waals surface area contributed by atoms with Gasteiger partial charge in [-0.1, -0.05) is 25.6 Å². The molecule has 0 bridgehead atoms. The van der Waals surface area contributed by atoms with Gasteiger partial charge in [0.2, 0.25) is 11.9 Å². The number of nitrogens with two attached hydrogens (primary N) is 2. The van der Waals surface area contributed by atoms with Gasteiger partial charge < -0.3 is 27.0 Å². The number of aromatic amines is 1. The van der Waals surface area contributed by atoms with Crippen molar-refractivity contribution >= 4 is 29.5 Å². The molecule has 180 valence electrons. The van der Waals surface area contributed by atoms with Crippen LogP contribution < -0.4 is 22.1 Å². The van der Waals surface area contributed by atoms with E-state index in [-0.39, 0.29) is 41.1 Å². The van der Waals surface area contributed by atoms with Crippen LogP contribution in [0.15, 0.2) is 17.3 Å². The summed E-state index contributed by atoms with van der Waals surface area (Å²) in [6, 6.07) is 0.180. The molecular formula is C22H29N9O2S. The second kappa shape index (κ2) is 8.58. The number of nitrogens with zero attached hydrogens (tertiary/aromatic N) is 4. The van der Waals surface area contributed by atoms with Crippen LogP contribution in [-0.4, -0.2) is 61.5 Å². The van der Waals surface area contributed by atoms with Crippen molar-refractivity contribution in [3.8, 4) is 11.4 Å². The number of piperidine rings is 1. The molecule has 0 radical (unpaired) electrons. The lowest BCUT2D eigenvalue weighted by atomic mass is 9.73. The number of H-pyrrole nitrogens is 1. The summed E-state index contributed by atoms with van der Waals surface area (Å²) in [5, 5.41) is 15.4. The van der Waals surface area contributed by atoms with Gasteiger partial charge in [0, 0.05) is 36.6 Å². The summed E-state index contributed by atoms with van der Waals surface area (Å²) < 4.78 is 0. The summed E-state index contributed by atoms with van der Waals surface area (Å²) in [5.74, 6) is -0.0312. The number of nitrogens with one attached hydrogen (secondary N) is 3. The summed E-state index contributed by atoms with van der Waals surface area (Å²) in [5.41, 5.74) is 15.3. The summed E-state index contributed by atoms with van der Waals surface area (Å²) in [6.07, 6.45) is 4.34. The Balaban J connectivity index is 1.25. The largest absolute Gasteiger partial charge is 0.368 e. The van der Waals surface area contributed by atoms with E-state index in [1.165, 1.54) is 11.8 Å². The molecule has 2 aromatic rings. The molecule has 1 unspecified atom stereocenters. The number of carbonyl (C=O) groups excluding carboxylic acids is 2. The van der Waals surface area contributed by atoms with Crippen molar-refractivity contribution in [1.82, 2.24) is 35.7 Å². The molecule has 2 aliphatic heterocycles. The van der Waals surface area contributed by atoms with Crippen LogP contribution >= 0.6 is 11.8 Å². The van der Waals surface area contributed by atoms with E-state index in [1.807, 2.05) is 10.3 Å². The molecule has 5 rings (SSSR count). The van der Waals surface area contributed by atoms with E-state index in [1.54, 1.807) is 6.20 Å². The Morgan fingerprint density at radius 1 is 1.29 bits per heavy atom. The SMILES string of the molecule is CC1(C)Cc2cnc(N)nc2-c2n[nH]c(C(=O)NC3NC(CC(=O)N4CCC(N)CC4)=CS3)c21.